The van der Waals surface area contributed by atoms with E-state index in [9.17, 15) is 4.79 Å². The van der Waals surface area contributed by atoms with Gasteiger partial charge in [-0.3, -0.25) is 10.2 Å². The Morgan fingerprint density at radius 1 is 1.23 bits per heavy atom. The van der Waals surface area contributed by atoms with E-state index in [4.69, 9.17) is 4.74 Å². The molecule has 0 aliphatic carbocycles. The van der Waals surface area contributed by atoms with Gasteiger partial charge in [0.2, 0.25) is 0 Å². The average Bonchev–Trinajstić information content (AvgIpc) is 3.19. The van der Waals surface area contributed by atoms with Crippen molar-refractivity contribution in [2.45, 2.75) is 18.9 Å². The number of carbonyl (C=O) groups is 1. The highest BCUT2D eigenvalue weighted by molar-refractivity contribution is 7.20. The van der Waals surface area contributed by atoms with Crippen molar-refractivity contribution < 1.29 is 9.53 Å². The lowest BCUT2D eigenvalue weighted by Crippen LogP contribution is -2.52. The van der Waals surface area contributed by atoms with Crippen LogP contribution in [0.1, 0.15) is 12.8 Å². The number of anilines is 1. The summed E-state index contributed by atoms with van der Waals surface area (Å²) in [6.45, 7) is 3.19. The summed E-state index contributed by atoms with van der Waals surface area (Å²) in [5, 5.41) is 6.97. The first-order valence-corrected chi connectivity index (χ1v) is 9.37. The van der Waals surface area contributed by atoms with Crippen LogP contribution in [0.5, 0.6) is 0 Å². The zero-order valence-corrected chi connectivity index (χ0v) is 13.8. The zero-order chi connectivity index (χ0) is 14.9. The first-order valence-electron chi connectivity index (χ1n) is 7.61. The fourth-order valence-corrected chi connectivity index (χ4v) is 5.06. The summed E-state index contributed by atoms with van der Waals surface area (Å²) in [5.41, 5.74) is 0.846. The first kappa shape index (κ1) is 14.2. The molecule has 3 aliphatic heterocycles. The van der Waals surface area contributed by atoms with Crippen LogP contribution in [0.4, 0.5) is 10.5 Å². The molecule has 3 aliphatic rings. The third kappa shape index (κ3) is 2.78. The number of piperidine rings is 3. The van der Waals surface area contributed by atoms with Gasteiger partial charge in [0.05, 0.1) is 10.6 Å². The van der Waals surface area contributed by atoms with Gasteiger partial charge in [0.1, 0.15) is 6.10 Å². The molecule has 1 N–H and O–H groups in total. The summed E-state index contributed by atoms with van der Waals surface area (Å²) < 4.78 is 5.69. The topological polar surface area (TPSA) is 41.6 Å². The largest absolute Gasteiger partial charge is 0.444 e. The maximum Gasteiger partial charge on any atom is 0.411 e. The third-order valence-corrected chi connectivity index (χ3v) is 6.47. The van der Waals surface area contributed by atoms with Gasteiger partial charge in [0.15, 0.2) is 0 Å². The van der Waals surface area contributed by atoms with Crippen LogP contribution < -0.4 is 5.32 Å². The van der Waals surface area contributed by atoms with Crippen LogP contribution in [0.15, 0.2) is 29.0 Å². The maximum absolute atomic E-state index is 12.2. The molecule has 2 aromatic heterocycles. The predicted molar refractivity (Wildman–Crippen MR) is 90.7 cm³/mol. The van der Waals surface area contributed by atoms with Gasteiger partial charge in [0.25, 0.3) is 0 Å². The molecule has 0 saturated carbocycles. The fraction of sp³-hybridized carbons (Fsp3) is 0.438. The molecule has 5 rings (SSSR count). The lowest BCUT2D eigenvalue weighted by molar-refractivity contribution is -0.0289. The van der Waals surface area contributed by atoms with Crippen molar-refractivity contribution in [3.8, 4) is 9.75 Å². The van der Waals surface area contributed by atoms with Crippen molar-refractivity contribution in [1.29, 1.82) is 0 Å². The van der Waals surface area contributed by atoms with Crippen LogP contribution in [0, 0.1) is 5.92 Å². The number of nitrogens with zero attached hydrogens (tertiary/aromatic N) is 1. The van der Waals surface area contributed by atoms with E-state index in [2.05, 4.69) is 16.3 Å². The highest BCUT2D eigenvalue weighted by Gasteiger charge is 2.36. The van der Waals surface area contributed by atoms with Crippen LogP contribution >= 0.6 is 22.7 Å². The van der Waals surface area contributed by atoms with E-state index in [-0.39, 0.29) is 12.2 Å². The van der Waals surface area contributed by atoms with Gasteiger partial charge in [-0.1, -0.05) is 6.07 Å². The average molecular weight is 334 g/mol. The zero-order valence-electron chi connectivity index (χ0n) is 12.2. The molecule has 1 atom stereocenters. The molecule has 6 heteroatoms. The molecule has 2 bridgehead atoms. The maximum atomic E-state index is 12.2. The van der Waals surface area contributed by atoms with Gasteiger partial charge >= 0.3 is 6.09 Å². The summed E-state index contributed by atoms with van der Waals surface area (Å²) in [6, 6.07) is 6.03. The van der Waals surface area contributed by atoms with Crippen LogP contribution in [0.3, 0.4) is 0 Å². The number of hydrogen-bond donors (Lipinski definition) is 1. The molecule has 2 aromatic rings. The van der Waals surface area contributed by atoms with E-state index >= 15 is 0 Å². The van der Waals surface area contributed by atoms with Crippen LogP contribution in [-0.2, 0) is 4.74 Å². The van der Waals surface area contributed by atoms with Crippen molar-refractivity contribution in [3.63, 3.8) is 0 Å². The number of hydrogen-bond acceptors (Lipinski definition) is 5. The van der Waals surface area contributed by atoms with E-state index in [1.807, 2.05) is 22.9 Å². The van der Waals surface area contributed by atoms with Gasteiger partial charge in [-0.15, -0.1) is 22.7 Å². The number of nitrogens with one attached hydrogen (secondary N) is 1. The summed E-state index contributed by atoms with van der Waals surface area (Å²) in [5.74, 6) is 0.537. The molecule has 22 heavy (non-hydrogen) atoms. The standard InChI is InChI=1S/C16H18N2O2S2/c19-16(20-13-10-18-6-3-11(13)4-7-18)17-12-5-9-22-15(12)14-2-1-8-21-14/h1-2,5,8-9,11,13H,3-4,6-7,10H2,(H,17,19). The van der Waals surface area contributed by atoms with E-state index in [1.54, 1.807) is 22.7 Å². The molecule has 116 valence electrons. The third-order valence-electron chi connectivity index (χ3n) is 4.50. The fourth-order valence-electron chi connectivity index (χ4n) is 3.33. The van der Waals surface area contributed by atoms with Crippen LogP contribution in [0.2, 0.25) is 0 Å². The molecule has 1 amide bonds. The minimum absolute atomic E-state index is 0.0475. The molecule has 1 unspecified atom stereocenters. The number of rotatable bonds is 3. The van der Waals surface area contributed by atoms with Crippen LogP contribution in [-0.4, -0.2) is 36.7 Å². The number of ether oxygens (including phenoxy) is 1. The summed E-state index contributed by atoms with van der Waals surface area (Å²) in [7, 11) is 0. The molecule has 0 aromatic carbocycles. The predicted octanol–water partition coefficient (Wildman–Crippen LogP) is 4.12. The number of carbonyl (C=O) groups excluding carboxylic acids is 1. The Balaban J connectivity index is 1.42. The molecule has 3 fully saturated rings. The molecule has 3 saturated heterocycles. The smallest absolute Gasteiger partial charge is 0.411 e. The minimum Gasteiger partial charge on any atom is -0.444 e. The first-order chi connectivity index (χ1) is 10.8. The van der Waals surface area contributed by atoms with Gasteiger partial charge in [-0.05, 0) is 54.7 Å². The highest BCUT2D eigenvalue weighted by Crippen LogP contribution is 2.37. The van der Waals surface area contributed by atoms with Crippen molar-refractivity contribution >= 4 is 34.5 Å². The Hall–Kier alpha value is -1.37. The SMILES string of the molecule is O=C(Nc1ccsc1-c1cccs1)OC1CN2CCC1CC2. The monoisotopic (exact) mass is 334 g/mol. The van der Waals surface area contributed by atoms with Crippen molar-refractivity contribution in [2.75, 3.05) is 25.0 Å². The highest BCUT2D eigenvalue weighted by atomic mass is 32.1. The van der Waals surface area contributed by atoms with E-state index < -0.39 is 0 Å². The summed E-state index contributed by atoms with van der Waals surface area (Å²) in [4.78, 5) is 16.9. The number of fused-ring (bicyclic) bond motifs is 3. The second-order valence-corrected chi connectivity index (χ2v) is 7.71. The Kier molecular flexibility index (Phi) is 3.90. The van der Waals surface area contributed by atoms with Gasteiger partial charge in [0, 0.05) is 11.4 Å². The summed E-state index contributed by atoms with van der Waals surface area (Å²) >= 11 is 3.32. The molecule has 5 heterocycles. The number of thiophene rings is 2. The van der Waals surface area contributed by atoms with E-state index in [1.165, 1.54) is 4.88 Å². The Bertz CT molecular complexity index is 645. The second-order valence-electron chi connectivity index (χ2n) is 5.85. The van der Waals surface area contributed by atoms with Crippen molar-refractivity contribution in [1.82, 2.24) is 4.90 Å². The lowest BCUT2D eigenvalue weighted by atomic mass is 9.86. The quantitative estimate of drug-likeness (QED) is 0.918. The number of amides is 1. The molecular formula is C16H18N2O2S2. The molecule has 0 radical (unpaired) electrons. The normalized spacial score (nSPS) is 26.8. The van der Waals surface area contributed by atoms with Gasteiger partial charge < -0.3 is 4.74 Å². The van der Waals surface area contributed by atoms with Crippen molar-refractivity contribution in [3.05, 3.63) is 29.0 Å². The Labute approximate surface area is 137 Å². The van der Waals surface area contributed by atoms with E-state index in [0.29, 0.717) is 5.92 Å². The van der Waals surface area contributed by atoms with E-state index in [0.717, 1.165) is 43.0 Å². The lowest BCUT2D eigenvalue weighted by Gasteiger charge is -2.43. The second kappa shape index (κ2) is 6.02. The van der Waals surface area contributed by atoms with Gasteiger partial charge in [-0.25, -0.2) is 4.79 Å². The summed E-state index contributed by atoms with van der Waals surface area (Å²) in [6.07, 6.45) is 2.02. The molecule has 0 spiro atoms. The van der Waals surface area contributed by atoms with Gasteiger partial charge in [-0.2, -0.15) is 0 Å². The molecular weight excluding hydrogens is 316 g/mol. The molecule has 4 nitrogen and oxygen atoms in total. The Morgan fingerprint density at radius 2 is 2.09 bits per heavy atom. The van der Waals surface area contributed by atoms with Crippen molar-refractivity contribution in [2.24, 2.45) is 5.92 Å². The minimum atomic E-state index is -0.324. The van der Waals surface area contributed by atoms with Crippen LogP contribution in [0.25, 0.3) is 9.75 Å². The Morgan fingerprint density at radius 3 is 2.77 bits per heavy atom.